The molecule has 2 heterocycles. The molecule has 0 N–H and O–H groups in total. The van der Waals surface area contributed by atoms with E-state index in [0.29, 0.717) is 21.0 Å². The third kappa shape index (κ3) is 4.35. The van der Waals surface area contributed by atoms with E-state index in [1.54, 1.807) is 36.4 Å². The van der Waals surface area contributed by atoms with E-state index in [0.717, 1.165) is 14.6 Å². The number of nitrogens with zero attached hydrogens (tertiary/aromatic N) is 1. The van der Waals surface area contributed by atoms with Crippen molar-refractivity contribution in [1.29, 1.82) is 0 Å². The minimum Gasteiger partial charge on any atom is -0.422 e. The highest BCUT2D eigenvalue weighted by molar-refractivity contribution is 9.10. The zero-order valence-corrected chi connectivity index (χ0v) is 19.9. The first-order valence-corrected chi connectivity index (χ1v) is 11.7. The molecule has 0 bridgehead atoms. The molecular weight excluding hydrogens is 526 g/mol. The molecule has 1 aliphatic rings. The number of cyclic esters (lactones) is 1. The van der Waals surface area contributed by atoms with E-state index in [4.69, 9.17) is 21.1 Å². The summed E-state index contributed by atoms with van der Waals surface area (Å²) in [7, 11) is 0. The van der Waals surface area contributed by atoms with Crippen LogP contribution in [-0.4, -0.2) is 17.8 Å². The highest BCUT2D eigenvalue weighted by Crippen LogP contribution is 2.36. The molecule has 8 heteroatoms. The zero-order valence-electron chi connectivity index (χ0n) is 16.7. The van der Waals surface area contributed by atoms with Gasteiger partial charge in [-0.25, -0.2) is 14.6 Å². The highest BCUT2D eigenvalue weighted by Gasteiger charge is 2.25. The minimum absolute atomic E-state index is 0.108. The van der Waals surface area contributed by atoms with Gasteiger partial charge in [-0.3, -0.25) is 0 Å². The van der Waals surface area contributed by atoms with Gasteiger partial charge >= 0.3 is 11.9 Å². The van der Waals surface area contributed by atoms with E-state index in [-0.39, 0.29) is 17.3 Å². The number of fused-ring (bicyclic) bond motifs is 1. The van der Waals surface area contributed by atoms with Crippen molar-refractivity contribution in [3.8, 4) is 5.75 Å². The number of hydrogen-bond acceptors (Lipinski definition) is 6. The Labute approximate surface area is 206 Å². The Kier molecular flexibility index (Phi) is 5.85. The molecule has 0 atom stereocenters. The van der Waals surface area contributed by atoms with Crippen LogP contribution in [0.5, 0.6) is 5.75 Å². The maximum absolute atomic E-state index is 12.9. The molecule has 4 aromatic rings. The molecule has 0 spiro atoms. The summed E-state index contributed by atoms with van der Waals surface area (Å²) < 4.78 is 12.8. The van der Waals surface area contributed by atoms with E-state index in [1.165, 1.54) is 17.4 Å². The molecule has 5 rings (SSSR count). The number of benzene rings is 3. The summed E-state index contributed by atoms with van der Waals surface area (Å²) in [5.74, 6) is -0.657. The Bertz CT molecular complexity index is 1470. The van der Waals surface area contributed by atoms with Crippen molar-refractivity contribution < 1.29 is 19.1 Å². The highest BCUT2D eigenvalue weighted by atomic mass is 79.9. The first kappa shape index (κ1) is 21.6. The summed E-state index contributed by atoms with van der Waals surface area (Å²) in [4.78, 5) is 29.9. The predicted molar refractivity (Wildman–Crippen MR) is 133 cm³/mol. The fourth-order valence-corrected chi connectivity index (χ4v) is 4.91. The van der Waals surface area contributed by atoms with Crippen molar-refractivity contribution in [2.45, 2.75) is 0 Å². The predicted octanol–water partition coefficient (Wildman–Crippen LogP) is 6.88. The summed E-state index contributed by atoms with van der Waals surface area (Å²) in [6.45, 7) is 0. The van der Waals surface area contributed by atoms with Crippen molar-refractivity contribution in [2.24, 2.45) is 4.99 Å². The number of carbonyl (C=O) groups excluding carboxylic acids is 2. The lowest BCUT2D eigenvalue weighted by atomic mass is 10.1. The van der Waals surface area contributed by atoms with Crippen LogP contribution in [0.1, 0.15) is 20.8 Å². The van der Waals surface area contributed by atoms with Crippen molar-refractivity contribution in [3.63, 3.8) is 0 Å². The van der Waals surface area contributed by atoms with Gasteiger partial charge in [0.15, 0.2) is 5.70 Å². The average Bonchev–Trinajstić information content (AvgIpc) is 3.35. The lowest BCUT2D eigenvalue weighted by Crippen LogP contribution is -2.08. The molecule has 0 saturated heterocycles. The van der Waals surface area contributed by atoms with Crippen LogP contribution in [0.15, 0.2) is 88.0 Å². The van der Waals surface area contributed by atoms with E-state index < -0.39 is 11.9 Å². The molecule has 3 aromatic carbocycles. The fourth-order valence-electron chi connectivity index (χ4n) is 3.26. The summed E-state index contributed by atoms with van der Waals surface area (Å²) in [5.41, 5.74) is 1.29. The molecule has 162 valence electrons. The summed E-state index contributed by atoms with van der Waals surface area (Å²) >= 11 is 11.1. The molecule has 1 aliphatic heterocycles. The van der Waals surface area contributed by atoms with Gasteiger partial charge in [0, 0.05) is 25.7 Å². The van der Waals surface area contributed by atoms with Crippen molar-refractivity contribution in [3.05, 3.63) is 104 Å². The van der Waals surface area contributed by atoms with Gasteiger partial charge in [-0.05, 0) is 42.5 Å². The molecule has 33 heavy (non-hydrogen) atoms. The molecular formula is C25H13BrClNO4S. The van der Waals surface area contributed by atoms with E-state index in [9.17, 15) is 9.59 Å². The van der Waals surface area contributed by atoms with E-state index >= 15 is 0 Å². The van der Waals surface area contributed by atoms with Crippen molar-refractivity contribution in [2.75, 3.05) is 0 Å². The quantitative estimate of drug-likeness (QED) is 0.161. The van der Waals surface area contributed by atoms with Gasteiger partial charge in [-0.1, -0.05) is 63.9 Å². The second-order valence-electron chi connectivity index (χ2n) is 7.01. The number of hydrogen-bond donors (Lipinski definition) is 0. The second kappa shape index (κ2) is 8.94. The van der Waals surface area contributed by atoms with Gasteiger partial charge in [0.2, 0.25) is 5.90 Å². The maximum Gasteiger partial charge on any atom is 0.363 e. The van der Waals surface area contributed by atoms with Crippen molar-refractivity contribution in [1.82, 2.24) is 0 Å². The number of halogens is 2. The summed E-state index contributed by atoms with van der Waals surface area (Å²) in [6.07, 6.45) is 1.53. The number of para-hydroxylation sites is 1. The molecule has 0 fully saturated rings. The number of thiophene rings is 1. The van der Waals surface area contributed by atoms with Gasteiger partial charge < -0.3 is 9.47 Å². The van der Waals surface area contributed by atoms with Gasteiger partial charge in [0.1, 0.15) is 10.6 Å². The molecule has 1 aromatic heterocycles. The van der Waals surface area contributed by atoms with Crippen LogP contribution in [0.2, 0.25) is 5.02 Å². The fraction of sp³-hybridized carbons (Fsp3) is 0. The Balaban J connectivity index is 1.44. The number of aliphatic imine (C=N–C) groups is 1. The lowest BCUT2D eigenvalue weighted by molar-refractivity contribution is -0.129. The smallest absolute Gasteiger partial charge is 0.363 e. The van der Waals surface area contributed by atoms with Gasteiger partial charge in [-0.15, -0.1) is 11.3 Å². The molecule has 0 unspecified atom stereocenters. The third-order valence-corrected chi connectivity index (χ3v) is 7.03. The lowest BCUT2D eigenvalue weighted by Gasteiger charge is -2.07. The van der Waals surface area contributed by atoms with Crippen LogP contribution < -0.4 is 4.74 Å². The Hall–Kier alpha value is -3.26. The number of rotatable bonds is 4. The monoisotopic (exact) mass is 537 g/mol. The van der Waals surface area contributed by atoms with Gasteiger partial charge in [0.05, 0.1) is 5.02 Å². The topological polar surface area (TPSA) is 65.0 Å². The molecule has 0 amide bonds. The Morgan fingerprint density at radius 1 is 1.03 bits per heavy atom. The van der Waals surface area contributed by atoms with Crippen LogP contribution in [0, 0.1) is 0 Å². The van der Waals surface area contributed by atoms with Crippen LogP contribution in [-0.2, 0) is 9.53 Å². The zero-order chi connectivity index (χ0) is 22.9. The number of esters is 2. The standard InChI is InChI=1S/C25H13BrClNO4S/c26-16-11-9-14(10-12-16)23-28-18(24(29)32-23)13-15-5-1-3-7-19(15)31-25(30)22-21(27)17-6-2-4-8-20(17)33-22/h1-13H/b18-13+. The second-order valence-corrected chi connectivity index (χ2v) is 9.36. The van der Waals surface area contributed by atoms with Gasteiger partial charge in [0.25, 0.3) is 0 Å². The SMILES string of the molecule is O=C1OC(c2ccc(Br)cc2)=N/C1=C/c1ccccc1OC(=O)c1sc2ccccc2c1Cl. The number of carbonyl (C=O) groups is 2. The third-order valence-electron chi connectivity index (χ3n) is 4.85. The summed E-state index contributed by atoms with van der Waals surface area (Å²) in [5, 5.41) is 1.16. The maximum atomic E-state index is 12.9. The first-order valence-electron chi connectivity index (χ1n) is 9.76. The van der Waals surface area contributed by atoms with Crippen molar-refractivity contribution >= 4 is 72.9 Å². The summed E-state index contributed by atoms with van der Waals surface area (Å²) in [6, 6.07) is 21.6. The normalized spacial score (nSPS) is 14.4. The first-order chi connectivity index (χ1) is 16.0. The van der Waals surface area contributed by atoms with Crippen LogP contribution >= 0.6 is 38.9 Å². The van der Waals surface area contributed by atoms with E-state index in [1.807, 2.05) is 36.4 Å². The largest absolute Gasteiger partial charge is 0.422 e. The van der Waals surface area contributed by atoms with E-state index in [2.05, 4.69) is 20.9 Å². The molecule has 0 radical (unpaired) electrons. The molecule has 5 nitrogen and oxygen atoms in total. The van der Waals surface area contributed by atoms with Crippen LogP contribution in [0.4, 0.5) is 0 Å². The molecule has 0 aliphatic carbocycles. The molecule has 0 saturated carbocycles. The Morgan fingerprint density at radius 2 is 1.76 bits per heavy atom. The number of ether oxygens (including phenoxy) is 2. The Morgan fingerprint density at radius 3 is 2.55 bits per heavy atom. The minimum atomic E-state index is -0.582. The van der Waals surface area contributed by atoms with Crippen LogP contribution in [0.25, 0.3) is 16.2 Å². The van der Waals surface area contributed by atoms with Gasteiger partial charge in [-0.2, -0.15) is 0 Å². The average molecular weight is 539 g/mol. The van der Waals surface area contributed by atoms with Crippen LogP contribution in [0.3, 0.4) is 0 Å².